The molecule has 5 nitrogen and oxygen atoms in total. The van der Waals surface area contributed by atoms with Crippen LogP contribution in [0.5, 0.6) is 0 Å². The van der Waals surface area contributed by atoms with Gasteiger partial charge in [-0.05, 0) is 33.6 Å². The molecule has 1 N–H and O–H groups in total. The highest BCUT2D eigenvalue weighted by molar-refractivity contribution is 5.75. The Morgan fingerprint density at radius 1 is 1.44 bits per heavy atom. The Labute approximate surface area is 95.0 Å². The summed E-state index contributed by atoms with van der Waals surface area (Å²) < 4.78 is 9.53. The van der Waals surface area contributed by atoms with Gasteiger partial charge < -0.3 is 14.6 Å². The lowest BCUT2D eigenvalue weighted by atomic mass is 10.2. The summed E-state index contributed by atoms with van der Waals surface area (Å²) in [5, 5.41) is 8.78. The van der Waals surface area contributed by atoms with Crippen molar-refractivity contribution in [2.75, 3.05) is 0 Å². The van der Waals surface area contributed by atoms with Crippen LogP contribution in [0.3, 0.4) is 0 Å². The second kappa shape index (κ2) is 6.15. The quantitative estimate of drug-likeness (QED) is 0.579. The molecule has 92 valence electrons. The van der Waals surface area contributed by atoms with Crippen molar-refractivity contribution in [1.29, 1.82) is 0 Å². The molecular weight excluding hydrogens is 212 g/mol. The van der Waals surface area contributed by atoms with E-state index in [1.165, 1.54) is 0 Å². The molecule has 0 saturated carbocycles. The first-order chi connectivity index (χ1) is 7.26. The summed E-state index contributed by atoms with van der Waals surface area (Å²) in [7, 11) is 0. The van der Waals surface area contributed by atoms with Gasteiger partial charge in [0, 0.05) is 0 Å². The normalized spacial score (nSPS) is 12.7. The number of carbonyl (C=O) groups is 2. The van der Waals surface area contributed by atoms with Gasteiger partial charge in [0.05, 0.1) is 0 Å². The van der Waals surface area contributed by atoms with Crippen LogP contribution in [-0.4, -0.2) is 28.9 Å². The summed E-state index contributed by atoms with van der Waals surface area (Å²) in [6.45, 7) is 8.49. The molecule has 0 aromatic rings. The second-order valence-corrected chi connectivity index (χ2v) is 4.28. The minimum absolute atomic E-state index is 0.193. The van der Waals surface area contributed by atoms with Gasteiger partial charge in [-0.3, -0.25) is 0 Å². The zero-order chi connectivity index (χ0) is 12.8. The zero-order valence-electron chi connectivity index (χ0n) is 9.86. The number of rotatable bonds is 5. The van der Waals surface area contributed by atoms with E-state index in [4.69, 9.17) is 9.84 Å². The van der Waals surface area contributed by atoms with Gasteiger partial charge in [-0.2, -0.15) is 0 Å². The van der Waals surface area contributed by atoms with Gasteiger partial charge in [-0.25, -0.2) is 9.59 Å². The van der Waals surface area contributed by atoms with Crippen molar-refractivity contribution in [3.05, 3.63) is 12.7 Å². The van der Waals surface area contributed by atoms with E-state index in [1.807, 2.05) is 0 Å². The van der Waals surface area contributed by atoms with Gasteiger partial charge >= 0.3 is 12.1 Å². The van der Waals surface area contributed by atoms with Gasteiger partial charge in [-0.15, -0.1) is 6.58 Å². The molecule has 0 radical (unpaired) electrons. The van der Waals surface area contributed by atoms with E-state index in [2.05, 4.69) is 11.3 Å². The maximum absolute atomic E-state index is 11.2. The summed E-state index contributed by atoms with van der Waals surface area (Å²) in [4.78, 5) is 21.9. The first-order valence-electron chi connectivity index (χ1n) is 4.99. The third-order valence-electron chi connectivity index (χ3n) is 1.54. The van der Waals surface area contributed by atoms with Crippen LogP contribution in [0.4, 0.5) is 4.79 Å². The fraction of sp³-hybridized carbons (Fsp3) is 0.636. The molecule has 1 atom stereocenters. The maximum atomic E-state index is 11.2. The van der Waals surface area contributed by atoms with Crippen LogP contribution in [0.15, 0.2) is 12.7 Å². The van der Waals surface area contributed by atoms with Gasteiger partial charge in [0.25, 0.3) is 0 Å². The van der Waals surface area contributed by atoms with Crippen molar-refractivity contribution in [2.24, 2.45) is 0 Å². The summed E-state index contributed by atoms with van der Waals surface area (Å²) in [5.41, 5.74) is -0.696. The van der Waals surface area contributed by atoms with Crippen molar-refractivity contribution in [3.63, 3.8) is 0 Å². The summed E-state index contributed by atoms with van der Waals surface area (Å²) in [5.74, 6) is -1.19. The minimum atomic E-state index is -1.19. The number of aliphatic carboxylic acids is 1. The topological polar surface area (TPSA) is 72.8 Å². The predicted octanol–water partition coefficient (Wildman–Crippen LogP) is 2.36. The highest BCUT2D eigenvalue weighted by Gasteiger charge is 2.25. The number of carboxylic acids is 1. The summed E-state index contributed by atoms with van der Waals surface area (Å²) in [6, 6.07) is 0. The second-order valence-electron chi connectivity index (χ2n) is 4.28. The van der Waals surface area contributed by atoms with E-state index >= 15 is 0 Å². The Morgan fingerprint density at radius 3 is 2.38 bits per heavy atom. The number of hydrogen-bond acceptors (Lipinski definition) is 4. The van der Waals surface area contributed by atoms with Crippen molar-refractivity contribution in [1.82, 2.24) is 0 Å². The fourth-order valence-electron chi connectivity index (χ4n) is 0.892. The molecule has 0 spiro atoms. The Morgan fingerprint density at radius 2 is 2.00 bits per heavy atom. The Balaban J connectivity index is 4.23. The van der Waals surface area contributed by atoms with Crippen LogP contribution < -0.4 is 0 Å². The van der Waals surface area contributed by atoms with Crippen molar-refractivity contribution in [2.45, 2.75) is 45.3 Å². The molecule has 0 aliphatic heterocycles. The van der Waals surface area contributed by atoms with Crippen LogP contribution in [0.1, 0.15) is 33.6 Å². The largest absolute Gasteiger partial charge is 0.509 e. The number of allylic oxidation sites excluding steroid dienone is 1. The minimum Gasteiger partial charge on any atom is -0.479 e. The molecule has 0 bridgehead atoms. The number of carbonyl (C=O) groups excluding carboxylic acids is 1. The van der Waals surface area contributed by atoms with E-state index in [0.717, 1.165) is 0 Å². The van der Waals surface area contributed by atoms with E-state index in [9.17, 15) is 9.59 Å². The van der Waals surface area contributed by atoms with Crippen LogP contribution in [0, 0.1) is 0 Å². The molecule has 16 heavy (non-hydrogen) atoms. The van der Waals surface area contributed by atoms with Crippen LogP contribution in [0.25, 0.3) is 0 Å². The molecule has 0 aromatic heterocycles. The van der Waals surface area contributed by atoms with Crippen molar-refractivity contribution >= 4 is 12.1 Å². The van der Waals surface area contributed by atoms with Crippen LogP contribution in [-0.2, 0) is 14.3 Å². The van der Waals surface area contributed by atoms with Crippen molar-refractivity contribution in [3.8, 4) is 0 Å². The molecule has 0 saturated heterocycles. The highest BCUT2D eigenvalue weighted by atomic mass is 16.7. The lowest BCUT2D eigenvalue weighted by Gasteiger charge is -2.20. The van der Waals surface area contributed by atoms with Gasteiger partial charge in [-0.1, -0.05) is 6.08 Å². The van der Waals surface area contributed by atoms with Gasteiger partial charge in [0.2, 0.25) is 6.10 Å². The van der Waals surface area contributed by atoms with E-state index in [1.54, 1.807) is 26.8 Å². The molecule has 0 aliphatic rings. The summed E-state index contributed by atoms with van der Waals surface area (Å²) >= 11 is 0. The number of carboxylic acid groups (broad SMARTS) is 1. The molecule has 0 unspecified atom stereocenters. The zero-order valence-corrected chi connectivity index (χ0v) is 9.86. The molecule has 0 aromatic carbocycles. The molecule has 5 heteroatoms. The van der Waals surface area contributed by atoms with E-state index in [-0.39, 0.29) is 6.42 Å². The standard InChI is InChI=1S/C11H18O5/c1-5-6-7-8(9(12)13)15-10(14)16-11(2,3)4/h5,8H,1,6-7H2,2-4H3,(H,12,13)/t8-/m1/s1. The molecule has 0 heterocycles. The monoisotopic (exact) mass is 230 g/mol. The highest BCUT2D eigenvalue weighted by Crippen LogP contribution is 2.11. The summed E-state index contributed by atoms with van der Waals surface area (Å²) in [6.07, 6.45) is 0.0588. The Hall–Kier alpha value is -1.52. The average Bonchev–Trinajstić information content (AvgIpc) is 2.08. The maximum Gasteiger partial charge on any atom is 0.509 e. The lowest BCUT2D eigenvalue weighted by molar-refractivity contribution is -0.149. The van der Waals surface area contributed by atoms with Crippen LogP contribution in [0.2, 0.25) is 0 Å². The third-order valence-corrected chi connectivity index (χ3v) is 1.54. The molecule has 0 aliphatic carbocycles. The third kappa shape index (κ3) is 6.86. The Bertz CT molecular complexity index is 264. The van der Waals surface area contributed by atoms with E-state index < -0.39 is 23.8 Å². The smallest absolute Gasteiger partial charge is 0.479 e. The molecule has 0 rings (SSSR count). The average molecular weight is 230 g/mol. The van der Waals surface area contributed by atoms with Gasteiger partial charge in [0.1, 0.15) is 5.60 Å². The SMILES string of the molecule is C=CCC[C@@H](OC(=O)OC(C)(C)C)C(=O)O. The lowest BCUT2D eigenvalue weighted by Crippen LogP contribution is -2.31. The van der Waals surface area contributed by atoms with Gasteiger partial charge in [0.15, 0.2) is 0 Å². The molecule has 0 amide bonds. The number of hydrogen-bond donors (Lipinski definition) is 1. The first kappa shape index (κ1) is 14.5. The fourth-order valence-corrected chi connectivity index (χ4v) is 0.892. The number of ether oxygens (including phenoxy) is 2. The van der Waals surface area contributed by atoms with Crippen LogP contribution >= 0.6 is 0 Å². The predicted molar refractivity (Wildman–Crippen MR) is 58.2 cm³/mol. The molecule has 0 fully saturated rings. The van der Waals surface area contributed by atoms with Crippen molar-refractivity contribution < 1.29 is 24.2 Å². The molecular formula is C11H18O5. The Kier molecular flexibility index (Phi) is 5.56. The van der Waals surface area contributed by atoms with E-state index in [0.29, 0.717) is 6.42 Å². The first-order valence-corrected chi connectivity index (χ1v) is 4.99.